The first-order chi connectivity index (χ1) is 33.7. The second kappa shape index (κ2) is 16.4. The van der Waals surface area contributed by atoms with Crippen LogP contribution >= 0.6 is 0 Å². The van der Waals surface area contributed by atoms with Gasteiger partial charge >= 0.3 is 0 Å². The Balaban J connectivity index is 1.03. The molecule has 0 saturated heterocycles. The van der Waals surface area contributed by atoms with Gasteiger partial charge in [-0.1, -0.05) is 224 Å². The van der Waals surface area contributed by atoms with Crippen molar-refractivity contribution < 1.29 is 0 Å². The Morgan fingerprint density at radius 1 is 0.250 bits per heavy atom. The molecule has 3 heterocycles. The molecule has 0 unspecified atom stereocenters. The van der Waals surface area contributed by atoms with E-state index in [1.807, 2.05) is 24.3 Å². The molecule has 0 bridgehead atoms. The van der Waals surface area contributed by atoms with Crippen molar-refractivity contribution in [2.75, 3.05) is 0 Å². The van der Waals surface area contributed by atoms with Gasteiger partial charge in [-0.3, -0.25) is 4.57 Å². The average Bonchev–Trinajstić information content (AvgIpc) is 3.95. The molecule has 13 aromatic rings. The average molecular weight is 868 g/mol. The lowest BCUT2D eigenvalue weighted by atomic mass is 9.97. The van der Waals surface area contributed by atoms with Crippen molar-refractivity contribution in [3.8, 4) is 78.9 Å². The minimum Gasteiger partial charge on any atom is -0.307 e. The van der Waals surface area contributed by atoms with E-state index in [0.717, 1.165) is 77.3 Å². The van der Waals surface area contributed by atoms with Crippen molar-refractivity contribution in [2.24, 2.45) is 0 Å². The zero-order chi connectivity index (χ0) is 45.0. The summed E-state index contributed by atoms with van der Waals surface area (Å²) in [5.74, 6) is 1.76. The largest absolute Gasteiger partial charge is 0.307 e. The van der Waals surface area contributed by atoms with Gasteiger partial charge in [0.05, 0.1) is 27.8 Å². The Hall–Kier alpha value is -9.19. The quantitative estimate of drug-likeness (QED) is 0.153. The summed E-state index contributed by atoms with van der Waals surface area (Å²) in [5, 5.41) is 4.56. The zero-order valence-corrected chi connectivity index (χ0v) is 36.9. The SMILES string of the molecule is c1ccc(-c2ccc(-c3ccc(-c4ccccc4-n4c5ccccc5c5ccc6c7ccccc7n(-c7nc(-c8ccccc8)nc(-c8cccc(-c9ccccc9)c8)n7)c6c54)cc3)cc2)cc1. The summed E-state index contributed by atoms with van der Waals surface area (Å²) in [7, 11) is 0. The van der Waals surface area contributed by atoms with Gasteiger partial charge < -0.3 is 4.57 Å². The number of hydrogen-bond donors (Lipinski definition) is 0. The summed E-state index contributed by atoms with van der Waals surface area (Å²) in [6.45, 7) is 0. The standard InChI is InChI=1S/C63H41N5/c1-4-17-42(18-5-1)44-31-33-45(34-32-44)46-35-37-47(38-36-46)51-25-10-13-28-56(51)67-57-29-14-11-26-52(57)54-39-40-55-53-27-12-15-30-58(53)68(60(55)59(54)67)63-65-61(48-21-8-3-9-22-48)64-62(66-63)50-24-16-23-49(41-50)43-19-6-2-7-20-43/h1-41H. The number of rotatable bonds is 8. The minimum absolute atomic E-state index is 0.551. The smallest absolute Gasteiger partial charge is 0.238 e. The van der Waals surface area contributed by atoms with Crippen molar-refractivity contribution in [2.45, 2.75) is 0 Å². The maximum Gasteiger partial charge on any atom is 0.238 e. The molecule has 0 saturated carbocycles. The van der Waals surface area contributed by atoms with E-state index in [4.69, 9.17) is 15.0 Å². The molecular formula is C63H41N5. The molecule has 13 rings (SSSR count). The van der Waals surface area contributed by atoms with Crippen LogP contribution in [0.5, 0.6) is 0 Å². The van der Waals surface area contributed by atoms with Gasteiger partial charge in [0.2, 0.25) is 5.95 Å². The topological polar surface area (TPSA) is 48.5 Å². The molecule has 0 aliphatic rings. The van der Waals surface area contributed by atoms with Crippen molar-refractivity contribution in [3.63, 3.8) is 0 Å². The Bertz CT molecular complexity index is 3980. The molecule has 10 aromatic carbocycles. The van der Waals surface area contributed by atoms with Crippen LogP contribution in [0, 0.1) is 0 Å². The summed E-state index contributed by atoms with van der Waals surface area (Å²) < 4.78 is 4.72. The van der Waals surface area contributed by atoms with Gasteiger partial charge in [-0.2, -0.15) is 9.97 Å². The Kier molecular flexibility index (Phi) is 9.43. The van der Waals surface area contributed by atoms with E-state index in [-0.39, 0.29) is 0 Å². The van der Waals surface area contributed by atoms with Crippen LogP contribution in [0.1, 0.15) is 0 Å². The van der Waals surface area contributed by atoms with Crippen LogP contribution in [0.2, 0.25) is 0 Å². The number of nitrogens with zero attached hydrogens (tertiary/aromatic N) is 5. The maximum atomic E-state index is 5.42. The van der Waals surface area contributed by atoms with Crippen LogP contribution in [0.4, 0.5) is 0 Å². The molecule has 3 aromatic heterocycles. The van der Waals surface area contributed by atoms with E-state index in [1.54, 1.807) is 0 Å². The van der Waals surface area contributed by atoms with E-state index < -0.39 is 0 Å². The number of fused-ring (bicyclic) bond motifs is 7. The Morgan fingerprint density at radius 3 is 1.26 bits per heavy atom. The second-order valence-electron chi connectivity index (χ2n) is 17.2. The van der Waals surface area contributed by atoms with Crippen LogP contribution in [0.15, 0.2) is 249 Å². The van der Waals surface area contributed by atoms with E-state index in [9.17, 15) is 0 Å². The van der Waals surface area contributed by atoms with Gasteiger partial charge in [-0.15, -0.1) is 0 Å². The van der Waals surface area contributed by atoms with Crippen LogP contribution in [-0.4, -0.2) is 24.1 Å². The van der Waals surface area contributed by atoms with Gasteiger partial charge in [-0.05, 0) is 63.2 Å². The fraction of sp³-hybridized carbons (Fsp3) is 0. The van der Waals surface area contributed by atoms with E-state index in [0.29, 0.717) is 17.6 Å². The van der Waals surface area contributed by atoms with Gasteiger partial charge in [0.25, 0.3) is 0 Å². The lowest BCUT2D eigenvalue weighted by Crippen LogP contribution is -2.07. The normalized spacial score (nSPS) is 11.5. The third-order valence-corrected chi connectivity index (χ3v) is 13.2. The summed E-state index contributed by atoms with van der Waals surface area (Å²) in [6, 6.07) is 88.2. The predicted molar refractivity (Wildman–Crippen MR) is 281 cm³/mol. The van der Waals surface area contributed by atoms with E-state index >= 15 is 0 Å². The van der Waals surface area contributed by atoms with Gasteiger partial charge in [-0.25, -0.2) is 4.98 Å². The van der Waals surface area contributed by atoms with Crippen molar-refractivity contribution in [1.29, 1.82) is 0 Å². The van der Waals surface area contributed by atoms with Crippen LogP contribution in [-0.2, 0) is 0 Å². The second-order valence-corrected chi connectivity index (χ2v) is 17.2. The summed E-state index contributed by atoms with van der Waals surface area (Å²) in [4.78, 5) is 16.0. The third kappa shape index (κ3) is 6.68. The summed E-state index contributed by atoms with van der Waals surface area (Å²) in [5.41, 5.74) is 16.4. The number of hydrogen-bond acceptors (Lipinski definition) is 3. The number of benzene rings is 10. The van der Waals surface area contributed by atoms with Crippen LogP contribution in [0.25, 0.3) is 123 Å². The third-order valence-electron chi connectivity index (χ3n) is 13.2. The van der Waals surface area contributed by atoms with E-state index in [2.05, 4.69) is 234 Å². The number of aromatic nitrogens is 5. The fourth-order valence-corrected chi connectivity index (χ4v) is 9.98. The first-order valence-electron chi connectivity index (χ1n) is 23.0. The summed E-state index contributed by atoms with van der Waals surface area (Å²) >= 11 is 0. The van der Waals surface area contributed by atoms with Gasteiger partial charge in [0.1, 0.15) is 0 Å². The summed E-state index contributed by atoms with van der Waals surface area (Å²) in [6.07, 6.45) is 0. The molecule has 0 aliphatic carbocycles. The highest BCUT2D eigenvalue weighted by atomic mass is 15.2. The molecule has 0 spiro atoms. The molecule has 0 atom stereocenters. The molecule has 0 radical (unpaired) electrons. The Morgan fingerprint density at radius 2 is 0.662 bits per heavy atom. The van der Waals surface area contributed by atoms with E-state index in [1.165, 1.54) is 27.6 Å². The molecule has 0 fully saturated rings. The van der Waals surface area contributed by atoms with Crippen LogP contribution in [0.3, 0.4) is 0 Å². The number of para-hydroxylation sites is 3. The van der Waals surface area contributed by atoms with Crippen LogP contribution < -0.4 is 0 Å². The lowest BCUT2D eigenvalue weighted by molar-refractivity contribution is 0.953. The molecule has 0 amide bonds. The fourth-order valence-electron chi connectivity index (χ4n) is 9.98. The van der Waals surface area contributed by atoms with Gasteiger partial charge in [0, 0.05) is 38.2 Å². The molecule has 5 nitrogen and oxygen atoms in total. The van der Waals surface area contributed by atoms with Crippen molar-refractivity contribution in [3.05, 3.63) is 249 Å². The minimum atomic E-state index is 0.551. The highest BCUT2D eigenvalue weighted by Crippen LogP contribution is 2.43. The molecule has 0 N–H and O–H groups in total. The highest BCUT2D eigenvalue weighted by molar-refractivity contribution is 6.24. The molecule has 318 valence electrons. The molecule has 68 heavy (non-hydrogen) atoms. The zero-order valence-electron chi connectivity index (χ0n) is 36.9. The van der Waals surface area contributed by atoms with Gasteiger partial charge in [0.15, 0.2) is 11.6 Å². The van der Waals surface area contributed by atoms with Crippen molar-refractivity contribution >= 4 is 43.6 Å². The monoisotopic (exact) mass is 867 g/mol. The predicted octanol–water partition coefficient (Wildman–Crippen LogP) is 16.1. The van der Waals surface area contributed by atoms with Crippen molar-refractivity contribution in [1.82, 2.24) is 24.1 Å². The first-order valence-corrected chi connectivity index (χ1v) is 23.0. The molecule has 0 aliphatic heterocycles. The maximum absolute atomic E-state index is 5.42. The molecular weight excluding hydrogens is 827 g/mol. The molecule has 5 heteroatoms. The Labute approximate surface area is 393 Å². The highest BCUT2D eigenvalue weighted by Gasteiger charge is 2.24. The lowest BCUT2D eigenvalue weighted by Gasteiger charge is -2.16. The first kappa shape index (κ1) is 39.2.